The minimum absolute atomic E-state index is 0.173. The van der Waals surface area contributed by atoms with Crippen molar-refractivity contribution >= 4 is 0 Å². The molecule has 0 bridgehead atoms. The van der Waals surface area contributed by atoms with E-state index in [1.807, 2.05) is 30.7 Å². The first kappa shape index (κ1) is 17.0. The first-order chi connectivity index (χ1) is 11.0. The van der Waals surface area contributed by atoms with Crippen LogP contribution in [-0.4, -0.2) is 33.1 Å². The van der Waals surface area contributed by atoms with E-state index in [2.05, 4.69) is 16.5 Å². The number of aryl methyl sites for hydroxylation is 1. The van der Waals surface area contributed by atoms with Crippen LogP contribution >= 0.6 is 0 Å². The quantitative estimate of drug-likeness (QED) is 0.796. The summed E-state index contributed by atoms with van der Waals surface area (Å²) in [7, 11) is 1.98. The first-order valence-corrected chi connectivity index (χ1v) is 7.63. The third-order valence-electron chi connectivity index (χ3n) is 3.86. The Morgan fingerprint density at radius 1 is 1.39 bits per heavy atom. The van der Waals surface area contributed by atoms with Gasteiger partial charge in [-0.15, -0.1) is 6.58 Å². The molecule has 1 N–H and O–H groups in total. The highest BCUT2D eigenvalue weighted by molar-refractivity contribution is 5.30. The molecular formula is C18H23N3O2. The van der Waals surface area contributed by atoms with Crippen molar-refractivity contribution in [3.05, 3.63) is 70.4 Å². The SMILES string of the molecule is C=CCn1c(C)cc(=O)c(O)c1CN(C)CCc1ccncc1. The minimum Gasteiger partial charge on any atom is -0.503 e. The van der Waals surface area contributed by atoms with Gasteiger partial charge >= 0.3 is 0 Å². The second-order valence-electron chi connectivity index (χ2n) is 5.69. The molecule has 0 fully saturated rings. The van der Waals surface area contributed by atoms with Gasteiger partial charge in [-0.05, 0) is 38.1 Å². The molecule has 0 spiro atoms. The number of hydrogen-bond donors (Lipinski definition) is 1. The van der Waals surface area contributed by atoms with Gasteiger partial charge in [0, 0.05) is 43.8 Å². The van der Waals surface area contributed by atoms with Crippen molar-refractivity contribution < 1.29 is 5.11 Å². The molecule has 0 unspecified atom stereocenters. The predicted molar refractivity (Wildman–Crippen MR) is 91.6 cm³/mol. The third kappa shape index (κ3) is 4.29. The van der Waals surface area contributed by atoms with Crippen molar-refractivity contribution in [3.63, 3.8) is 0 Å². The molecular weight excluding hydrogens is 290 g/mol. The van der Waals surface area contributed by atoms with E-state index < -0.39 is 0 Å². The molecule has 0 aromatic carbocycles. The fraction of sp³-hybridized carbons (Fsp3) is 0.333. The topological polar surface area (TPSA) is 58.4 Å². The van der Waals surface area contributed by atoms with Crippen LogP contribution < -0.4 is 5.43 Å². The standard InChI is InChI=1S/C18H23N3O2/c1-4-10-21-14(2)12-17(22)18(23)16(21)13-20(3)11-7-15-5-8-19-9-6-15/h4-6,8-9,12,23H,1,7,10-11,13H2,2-3H3. The minimum atomic E-state index is -0.333. The zero-order chi connectivity index (χ0) is 16.8. The smallest absolute Gasteiger partial charge is 0.223 e. The van der Waals surface area contributed by atoms with E-state index in [0.717, 1.165) is 18.7 Å². The molecule has 2 aromatic heterocycles. The zero-order valence-electron chi connectivity index (χ0n) is 13.7. The van der Waals surface area contributed by atoms with Crippen LogP contribution in [0.1, 0.15) is 17.0 Å². The largest absolute Gasteiger partial charge is 0.503 e. The average molecular weight is 313 g/mol. The third-order valence-corrected chi connectivity index (χ3v) is 3.86. The Bertz CT molecular complexity index is 723. The molecule has 0 saturated carbocycles. The molecule has 0 saturated heterocycles. The van der Waals surface area contributed by atoms with Crippen molar-refractivity contribution in [1.82, 2.24) is 14.5 Å². The Morgan fingerprint density at radius 2 is 2.09 bits per heavy atom. The Balaban J connectivity index is 2.15. The number of rotatable bonds is 7. The van der Waals surface area contributed by atoms with Gasteiger partial charge in [-0.2, -0.15) is 0 Å². The first-order valence-electron chi connectivity index (χ1n) is 7.63. The second kappa shape index (κ2) is 7.74. The van der Waals surface area contributed by atoms with Crippen molar-refractivity contribution in [2.45, 2.75) is 26.4 Å². The Kier molecular flexibility index (Phi) is 5.71. The molecule has 0 aliphatic heterocycles. The van der Waals surface area contributed by atoms with E-state index in [1.165, 1.54) is 11.6 Å². The fourth-order valence-electron chi connectivity index (χ4n) is 2.57. The summed E-state index contributed by atoms with van der Waals surface area (Å²) in [6, 6.07) is 5.44. The molecule has 23 heavy (non-hydrogen) atoms. The summed E-state index contributed by atoms with van der Waals surface area (Å²) >= 11 is 0. The maximum absolute atomic E-state index is 11.9. The Morgan fingerprint density at radius 3 is 2.74 bits per heavy atom. The van der Waals surface area contributed by atoms with E-state index in [4.69, 9.17) is 0 Å². The van der Waals surface area contributed by atoms with Crippen LogP contribution in [0.5, 0.6) is 5.75 Å². The van der Waals surface area contributed by atoms with Crippen molar-refractivity contribution in [1.29, 1.82) is 0 Å². The molecule has 5 heteroatoms. The summed E-state index contributed by atoms with van der Waals surface area (Å²) in [4.78, 5) is 18.0. The van der Waals surface area contributed by atoms with E-state index in [1.54, 1.807) is 18.5 Å². The van der Waals surface area contributed by atoms with Gasteiger partial charge in [0.15, 0.2) is 5.75 Å². The summed E-state index contributed by atoms with van der Waals surface area (Å²) in [5.74, 6) is -0.173. The van der Waals surface area contributed by atoms with Gasteiger partial charge in [-0.25, -0.2) is 0 Å². The number of hydrogen-bond acceptors (Lipinski definition) is 4. The average Bonchev–Trinajstić information content (AvgIpc) is 2.55. The fourth-order valence-corrected chi connectivity index (χ4v) is 2.57. The van der Waals surface area contributed by atoms with E-state index in [9.17, 15) is 9.90 Å². The summed E-state index contributed by atoms with van der Waals surface area (Å²) in [6.07, 6.45) is 6.21. The lowest BCUT2D eigenvalue weighted by atomic mass is 10.2. The molecule has 2 heterocycles. The van der Waals surface area contributed by atoms with Crippen LogP contribution in [0.25, 0.3) is 0 Å². The lowest BCUT2D eigenvalue weighted by Gasteiger charge is -2.22. The van der Waals surface area contributed by atoms with Crippen LogP contribution in [-0.2, 0) is 19.5 Å². The number of aromatic nitrogens is 2. The molecule has 0 aliphatic rings. The van der Waals surface area contributed by atoms with Crippen LogP contribution in [0, 0.1) is 6.92 Å². The number of aromatic hydroxyl groups is 1. The number of pyridine rings is 2. The lowest BCUT2D eigenvalue weighted by molar-refractivity contribution is 0.311. The van der Waals surface area contributed by atoms with E-state index in [0.29, 0.717) is 18.8 Å². The molecule has 122 valence electrons. The predicted octanol–water partition coefficient (Wildman–Crippen LogP) is 2.12. The van der Waals surface area contributed by atoms with Crippen LogP contribution in [0.3, 0.4) is 0 Å². The molecule has 5 nitrogen and oxygen atoms in total. The summed E-state index contributed by atoms with van der Waals surface area (Å²) in [6.45, 7) is 7.49. The lowest BCUT2D eigenvalue weighted by Crippen LogP contribution is -2.25. The number of nitrogens with zero attached hydrogens (tertiary/aromatic N) is 3. The zero-order valence-corrected chi connectivity index (χ0v) is 13.7. The highest BCUT2D eigenvalue weighted by Gasteiger charge is 2.14. The molecule has 2 aromatic rings. The molecule has 0 aliphatic carbocycles. The Labute approximate surface area is 136 Å². The van der Waals surface area contributed by atoms with Crippen LogP contribution in [0.15, 0.2) is 48.0 Å². The van der Waals surface area contributed by atoms with E-state index >= 15 is 0 Å². The van der Waals surface area contributed by atoms with Gasteiger partial charge in [-0.3, -0.25) is 9.78 Å². The van der Waals surface area contributed by atoms with Gasteiger partial charge in [0.05, 0.1) is 5.69 Å². The molecule has 0 atom stereocenters. The summed E-state index contributed by atoms with van der Waals surface area (Å²) in [5, 5.41) is 10.2. The highest BCUT2D eigenvalue weighted by atomic mass is 16.3. The van der Waals surface area contributed by atoms with E-state index in [-0.39, 0.29) is 11.2 Å². The summed E-state index contributed by atoms with van der Waals surface area (Å²) in [5.41, 5.74) is 2.33. The molecule has 2 rings (SSSR count). The van der Waals surface area contributed by atoms with Crippen molar-refractivity contribution in [2.24, 2.45) is 0 Å². The highest BCUT2D eigenvalue weighted by Crippen LogP contribution is 2.16. The van der Waals surface area contributed by atoms with Crippen molar-refractivity contribution in [3.8, 4) is 5.75 Å². The number of allylic oxidation sites excluding steroid dienone is 1. The van der Waals surface area contributed by atoms with Crippen LogP contribution in [0.2, 0.25) is 0 Å². The van der Waals surface area contributed by atoms with Gasteiger partial charge in [0.2, 0.25) is 5.43 Å². The van der Waals surface area contributed by atoms with Crippen LogP contribution in [0.4, 0.5) is 0 Å². The van der Waals surface area contributed by atoms with Gasteiger partial charge in [0.1, 0.15) is 0 Å². The summed E-state index contributed by atoms with van der Waals surface area (Å²) < 4.78 is 1.92. The molecule has 0 radical (unpaired) electrons. The molecule has 0 amide bonds. The van der Waals surface area contributed by atoms with Gasteiger partial charge in [0.25, 0.3) is 0 Å². The maximum atomic E-state index is 11.9. The Hall–Kier alpha value is -2.40. The monoisotopic (exact) mass is 313 g/mol. The van der Waals surface area contributed by atoms with Gasteiger partial charge in [-0.1, -0.05) is 6.08 Å². The number of likely N-dealkylation sites (N-methyl/N-ethyl adjacent to an activating group) is 1. The maximum Gasteiger partial charge on any atom is 0.223 e. The van der Waals surface area contributed by atoms with Crippen molar-refractivity contribution in [2.75, 3.05) is 13.6 Å². The second-order valence-corrected chi connectivity index (χ2v) is 5.69. The normalized spacial score (nSPS) is 10.9. The van der Waals surface area contributed by atoms with Gasteiger partial charge < -0.3 is 14.6 Å².